The van der Waals surface area contributed by atoms with E-state index in [2.05, 4.69) is 64.4 Å². The van der Waals surface area contributed by atoms with Gasteiger partial charge >= 0.3 is 11.9 Å². The number of carbonyl (C=O) groups is 2. The highest BCUT2D eigenvalue weighted by atomic mass is 16.4. The summed E-state index contributed by atoms with van der Waals surface area (Å²) in [6, 6.07) is 21.9. The number of benzene rings is 2. The lowest BCUT2D eigenvalue weighted by Crippen LogP contribution is -2.49. The van der Waals surface area contributed by atoms with Crippen LogP contribution in [0.3, 0.4) is 0 Å². The summed E-state index contributed by atoms with van der Waals surface area (Å²) >= 11 is 0. The van der Waals surface area contributed by atoms with E-state index in [1.807, 2.05) is 0 Å². The van der Waals surface area contributed by atoms with Gasteiger partial charge < -0.3 is 15.1 Å². The molecule has 5 rings (SSSR count). The first-order valence-electron chi connectivity index (χ1n) is 12.6. The number of carboxylic acid groups (broad SMARTS) is 2. The predicted octanol–water partition coefficient (Wildman–Crippen LogP) is 4.39. The van der Waals surface area contributed by atoms with Gasteiger partial charge in [-0.05, 0) is 80.6 Å². The van der Waals surface area contributed by atoms with Crippen LogP contribution >= 0.6 is 0 Å². The van der Waals surface area contributed by atoms with Crippen LogP contribution < -0.4 is 0 Å². The van der Waals surface area contributed by atoms with Gasteiger partial charge in [0.15, 0.2) is 0 Å². The van der Waals surface area contributed by atoms with Crippen molar-refractivity contribution in [2.75, 3.05) is 19.6 Å². The smallest absolute Gasteiger partial charge is 0.414 e. The van der Waals surface area contributed by atoms with Gasteiger partial charge in [0.05, 0.1) is 0 Å². The van der Waals surface area contributed by atoms with Crippen LogP contribution in [0.4, 0.5) is 0 Å². The fourth-order valence-corrected chi connectivity index (χ4v) is 5.94. The van der Waals surface area contributed by atoms with Gasteiger partial charge in [0, 0.05) is 25.2 Å². The Hall–Kier alpha value is -2.70. The van der Waals surface area contributed by atoms with Crippen molar-refractivity contribution in [3.8, 4) is 0 Å². The molecule has 1 saturated heterocycles. The Bertz CT molecular complexity index is 936. The second kappa shape index (κ2) is 11.6. The molecule has 0 atom stereocenters. The average Bonchev–Trinajstić information content (AvgIpc) is 2.89. The first kappa shape index (κ1) is 24.4. The number of likely N-dealkylation sites (tertiary alicyclic amines) is 1. The SMILES string of the molecule is O=C(O)C(=O)O.c1ccc(C2CCC(N3CCC(N4CCc5ccccc5C4)CC3)CC2)cc1. The maximum absolute atomic E-state index is 9.10. The van der Waals surface area contributed by atoms with Crippen LogP contribution in [0.25, 0.3) is 0 Å². The van der Waals surface area contributed by atoms with Crippen LogP contribution in [-0.4, -0.2) is 63.7 Å². The molecule has 0 aromatic heterocycles. The molecule has 2 aromatic carbocycles. The van der Waals surface area contributed by atoms with Crippen molar-refractivity contribution < 1.29 is 19.8 Å². The molecule has 0 bridgehead atoms. The number of hydrogen-bond donors (Lipinski definition) is 2. The van der Waals surface area contributed by atoms with Crippen molar-refractivity contribution in [3.63, 3.8) is 0 Å². The number of aliphatic carboxylic acids is 2. The van der Waals surface area contributed by atoms with Gasteiger partial charge in [0.25, 0.3) is 0 Å². The Morgan fingerprint density at radius 2 is 1.21 bits per heavy atom. The minimum absolute atomic E-state index is 0.795. The van der Waals surface area contributed by atoms with E-state index in [9.17, 15) is 0 Å². The molecule has 0 spiro atoms. The fourth-order valence-electron chi connectivity index (χ4n) is 5.94. The molecule has 182 valence electrons. The van der Waals surface area contributed by atoms with Crippen LogP contribution in [0.2, 0.25) is 0 Å². The van der Waals surface area contributed by atoms with Crippen LogP contribution in [0, 0.1) is 0 Å². The lowest BCUT2D eigenvalue weighted by Gasteiger charge is -2.44. The van der Waals surface area contributed by atoms with Gasteiger partial charge in [-0.1, -0.05) is 54.6 Å². The zero-order valence-electron chi connectivity index (χ0n) is 19.8. The summed E-state index contributed by atoms with van der Waals surface area (Å²) in [5.41, 5.74) is 4.70. The number of rotatable bonds is 3. The molecule has 0 unspecified atom stereocenters. The molecular formula is C28H36N2O4. The quantitative estimate of drug-likeness (QED) is 0.656. The Labute approximate surface area is 202 Å². The molecule has 2 fully saturated rings. The van der Waals surface area contributed by atoms with Gasteiger partial charge in [0.1, 0.15) is 0 Å². The van der Waals surface area contributed by atoms with E-state index in [4.69, 9.17) is 19.8 Å². The van der Waals surface area contributed by atoms with Crippen molar-refractivity contribution >= 4 is 11.9 Å². The molecule has 3 aliphatic rings. The number of nitrogens with zero attached hydrogens (tertiary/aromatic N) is 2. The molecule has 6 heteroatoms. The predicted molar refractivity (Wildman–Crippen MR) is 132 cm³/mol. The van der Waals surface area contributed by atoms with E-state index in [-0.39, 0.29) is 0 Å². The Kier molecular flexibility index (Phi) is 8.35. The maximum atomic E-state index is 9.10. The minimum atomic E-state index is -1.82. The normalized spacial score (nSPS) is 23.9. The summed E-state index contributed by atoms with van der Waals surface area (Å²) in [5, 5.41) is 14.8. The molecule has 2 N–H and O–H groups in total. The summed E-state index contributed by atoms with van der Waals surface area (Å²) in [6.07, 6.45) is 9.49. The first-order valence-corrected chi connectivity index (χ1v) is 12.6. The number of hydrogen-bond acceptors (Lipinski definition) is 4. The van der Waals surface area contributed by atoms with E-state index in [0.717, 1.165) is 18.0 Å². The summed E-state index contributed by atoms with van der Waals surface area (Å²) < 4.78 is 0. The average molecular weight is 465 g/mol. The second-order valence-electron chi connectivity index (χ2n) is 9.78. The van der Waals surface area contributed by atoms with Gasteiger partial charge in [-0.2, -0.15) is 0 Å². The summed E-state index contributed by atoms with van der Waals surface area (Å²) in [7, 11) is 0. The van der Waals surface area contributed by atoms with E-state index in [0.29, 0.717) is 0 Å². The molecule has 0 amide bonds. The lowest BCUT2D eigenvalue weighted by molar-refractivity contribution is -0.159. The van der Waals surface area contributed by atoms with Crippen LogP contribution in [-0.2, 0) is 22.6 Å². The third-order valence-corrected chi connectivity index (χ3v) is 7.84. The van der Waals surface area contributed by atoms with Gasteiger partial charge in [-0.15, -0.1) is 0 Å². The molecule has 6 nitrogen and oxygen atoms in total. The number of carboxylic acids is 2. The molecule has 2 aliphatic heterocycles. The van der Waals surface area contributed by atoms with Crippen molar-refractivity contribution in [3.05, 3.63) is 71.3 Å². The Morgan fingerprint density at radius 1 is 0.647 bits per heavy atom. The first-order chi connectivity index (χ1) is 16.5. The molecule has 2 aromatic rings. The number of fused-ring (bicyclic) bond motifs is 1. The maximum Gasteiger partial charge on any atom is 0.414 e. The molecule has 0 radical (unpaired) electrons. The highest BCUT2D eigenvalue weighted by Gasteiger charge is 2.32. The van der Waals surface area contributed by atoms with E-state index in [1.165, 1.54) is 71.1 Å². The summed E-state index contributed by atoms with van der Waals surface area (Å²) in [5.74, 6) is -2.85. The van der Waals surface area contributed by atoms with Gasteiger partial charge in [-0.25, -0.2) is 9.59 Å². The fraction of sp³-hybridized carbons (Fsp3) is 0.500. The van der Waals surface area contributed by atoms with Crippen LogP contribution in [0.1, 0.15) is 61.1 Å². The molecule has 1 saturated carbocycles. The molecule has 2 heterocycles. The van der Waals surface area contributed by atoms with Crippen molar-refractivity contribution in [1.29, 1.82) is 0 Å². The van der Waals surface area contributed by atoms with E-state index in [1.54, 1.807) is 16.7 Å². The Balaban J connectivity index is 0.000000408. The van der Waals surface area contributed by atoms with Gasteiger partial charge in [-0.3, -0.25) is 4.90 Å². The summed E-state index contributed by atoms with van der Waals surface area (Å²) in [4.78, 5) is 23.8. The van der Waals surface area contributed by atoms with Crippen LogP contribution in [0.15, 0.2) is 54.6 Å². The van der Waals surface area contributed by atoms with Crippen molar-refractivity contribution in [2.45, 2.75) is 69.5 Å². The van der Waals surface area contributed by atoms with E-state index >= 15 is 0 Å². The van der Waals surface area contributed by atoms with Crippen LogP contribution in [0.5, 0.6) is 0 Å². The zero-order valence-corrected chi connectivity index (χ0v) is 19.8. The minimum Gasteiger partial charge on any atom is -0.473 e. The summed E-state index contributed by atoms with van der Waals surface area (Å²) in [6.45, 7) is 5.04. The third-order valence-electron chi connectivity index (χ3n) is 7.84. The van der Waals surface area contributed by atoms with Gasteiger partial charge in [0.2, 0.25) is 0 Å². The lowest BCUT2D eigenvalue weighted by atomic mass is 9.80. The molecule has 34 heavy (non-hydrogen) atoms. The Morgan fingerprint density at radius 3 is 1.82 bits per heavy atom. The highest BCUT2D eigenvalue weighted by Crippen LogP contribution is 2.36. The molecular weight excluding hydrogens is 428 g/mol. The highest BCUT2D eigenvalue weighted by molar-refractivity contribution is 6.27. The topological polar surface area (TPSA) is 81.1 Å². The third kappa shape index (κ3) is 6.24. The van der Waals surface area contributed by atoms with E-state index < -0.39 is 11.9 Å². The zero-order chi connectivity index (χ0) is 23.9. The second-order valence-corrected chi connectivity index (χ2v) is 9.78. The molecule has 1 aliphatic carbocycles. The standard InChI is InChI=1S/C26H34N2.C2H2O4/c1-2-6-21(7-3-1)23-10-12-25(13-11-23)27-18-15-26(16-19-27)28-17-14-22-8-4-5-9-24(22)20-28;3-1(4)2(5)6/h1-9,23,25-26H,10-20H2;(H,3,4)(H,5,6). The number of piperidine rings is 1. The van der Waals surface area contributed by atoms with Crippen molar-refractivity contribution in [1.82, 2.24) is 9.80 Å². The monoisotopic (exact) mass is 464 g/mol. The largest absolute Gasteiger partial charge is 0.473 e. The van der Waals surface area contributed by atoms with Crippen molar-refractivity contribution in [2.24, 2.45) is 0 Å².